The van der Waals surface area contributed by atoms with E-state index in [1.54, 1.807) is 6.20 Å². The topological polar surface area (TPSA) is 83.7 Å². The number of hydrogen-bond acceptors (Lipinski definition) is 5. The van der Waals surface area contributed by atoms with Crippen molar-refractivity contribution in [2.24, 2.45) is 5.92 Å². The van der Waals surface area contributed by atoms with Crippen molar-refractivity contribution in [1.82, 2.24) is 20.2 Å². The van der Waals surface area contributed by atoms with Crippen LogP contribution in [0.15, 0.2) is 6.20 Å². The summed E-state index contributed by atoms with van der Waals surface area (Å²) in [7, 11) is 0. The second kappa shape index (κ2) is 4.44. The molecule has 3 heterocycles. The van der Waals surface area contributed by atoms with Crippen molar-refractivity contribution in [3.05, 3.63) is 6.20 Å². The number of rotatable bonds is 3. The molecule has 1 unspecified atom stereocenters. The first-order chi connectivity index (χ1) is 8.78. The lowest BCUT2D eigenvalue weighted by Gasteiger charge is -2.18. The molecule has 18 heavy (non-hydrogen) atoms. The lowest BCUT2D eigenvalue weighted by molar-refractivity contribution is 0.529. The zero-order chi connectivity index (χ0) is 12.5. The molecule has 1 aliphatic heterocycles. The van der Waals surface area contributed by atoms with Gasteiger partial charge in [0.1, 0.15) is 5.82 Å². The maximum absolute atomic E-state index is 5.75. The molecular weight excluding hydrogens is 228 g/mol. The Hall–Kier alpha value is -1.85. The first-order valence-corrected chi connectivity index (χ1v) is 6.49. The summed E-state index contributed by atoms with van der Waals surface area (Å²) < 4.78 is 0. The van der Waals surface area contributed by atoms with Crippen LogP contribution in [0.25, 0.3) is 11.0 Å². The van der Waals surface area contributed by atoms with E-state index in [1.807, 2.05) is 0 Å². The molecule has 0 aromatic carbocycles. The number of fused-ring (bicyclic) bond motifs is 1. The third-order valence-corrected chi connectivity index (χ3v) is 3.59. The fourth-order valence-corrected chi connectivity index (χ4v) is 2.75. The number of H-pyrrole nitrogens is 1. The van der Waals surface area contributed by atoms with Gasteiger partial charge in [-0.15, -0.1) is 0 Å². The molecule has 3 N–H and O–H groups in total. The van der Waals surface area contributed by atoms with Gasteiger partial charge in [-0.05, 0) is 18.8 Å². The van der Waals surface area contributed by atoms with E-state index in [4.69, 9.17) is 5.73 Å². The van der Waals surface area contributed by atoms with Crippen molar-refractivity contribution in [3.63, 3.8) is 0 Å². The summed E-state index contributed by atoms with van der Waals surface area (Å²) in [5.74, 6) is 2.00. The van der Waals surface area contributed by atoms with Crippen molar-refractivity contribution in [2.75, 3.05) is 23.7 Å². The lowest BCUT2D eigenvalue weighted by Crippen LogP contribution is -2.21. The summed E-state index contributed by atoms with van der Waals surface area (Å²) in [5.41, 5.74) is 6.47. The standard InChI is InChI=1S/C12H18N6/c1-2-3-8-4-5-18(7-8)11-9-6-14-17-10(9)15-12(13)16-11/h6,8H,2-5,7H2,1H3,(H3,13,14,15,16,17). The van der Waals surface area contributed by atoms with Gasteiger partial charge in [-0.3, -0.25) is 5.10 Å². The Morgan fingerprint density at radius 3 is 3.22 bits per heavy atom. The predicted molar refractivity (Wildman–Crippen MR) is 71.3 cm³/mol. The Kier molecular flexibility index (Phi) is 2.77. The van der Waals surface area contributed by atoms with E-state index >= 15 is 0 Å². The number of aromatic nitrogens is 4. The van der Waals surface area contributed by atoms with Crippen LogP contribution in [0.3, 0.4) is 0 Å². The van der Waals surface area contributed by atoms with Crippen molar-refractivity contribution in [2.45, 2.75) is 26.2 Å². The Labute approximate surface area is 106 Å². The van der Waals surface area contributed by atoms with Crippen molar-refractivity contribution >= 4 is 22.8 Å². The largest absolute Gasteiger partial charge is 0.368 e. The van der Waals surface area contributed by atoms with E-state index in [2.05, 4.69) is 32.0 Å². The second-order valence-electron chi connectivity index (χ2n) is 4.93. The van der Waals surface area contributed by atoms with E-state index in [0.717, 1.165) is 35.9 Å². The van der Waals surface area contributed by atoms with Crippen LogP contribution < -0.4 is 10.6 Å². The van der Waals surface area contributed by atoms with Crippen LogP contribution in [0.2, 0.25) is 0 Å². The van der Waals surface area contributed by atoms with E-state index in [-0.39, 0.29) is 0 Å². The Bertz CT molecular complexity index is 548. The van der Waals surface area contributed by atoms with Gasteiger partial charge in [0.15, 0.2) is 5.65 Å². The Balaban J connectivity index is 1.92. The van der Waals surface area contributed by atoms with Crippen molar-refractivity contribution < 1.29 is 0 Å². The Morgan fingerprint density at radius 1 is 1.50 bits per heavy atom. The van der Waals surface area contributed by atoms with Crippen LogP contribution in [-0.2, 0) is 0 Å². The van der Waals surface area contributed by atoms with E-state index < -0.39 is 0 Å². The highest BCUT2D eigenvalue weighted by Gasteiger charge is 2.25. The molecule has 6 heteroatoms. The van der Waals surface area contributed by atoms with Crippen LogP contribution in [0.4, 0.5) is 11.8 Å². The maximum Gasteiger partial charge on any atom is 0.224 e. The van der Waals surface area contributed by atoms with Crippen LogP contribution in [0.5, 0.6) is 0 Å². The van der Waals surface area contributed by atoms with Gasteiger partial charge in [0.05, 0.1) is 11.6 Å². The third kappa shape index (κ3) is 1.87. The molecule has 96 valence electrons. The molecule has 3 rings (SSSR count). The lowest BCUT2D eigenvalue weighted by atomic mass is 10.0. The summed E-state index contributed by atoms with van der Waals surface area (Å²) in [6.45, 7) is 4.34. The number of nitrogens with one attached hydrogen (secondary N) is 1. The minimum Gasteiger partial charge on any atom is -0.368 e. The molecule has 0 radical (unpaired) electrons. The molecule has 2 aromatic rings. The predicted octanol–water partition coefficient (Wildman–Crippen LogP) is 1.56. The number of hydrogen-bond donors (Lipinski definition) is 2. The number of anilines is 2. The average molecular weight is 246 g/mol. The average Bonchev–Trinajstić information content (AvgIpc) is 2.96. The molecule has 2 aromatic heterocycles. The number of nitrogens with two attached hydrogens (primary N) is 1. The molecule has 0 spiro atoms. The Morgan fingerprint density at radius 2 is 2.39 bits per heavy atom. The highest BCUT2D eigenvalue weighted by atomic mass is 15.3. The minimum atomic E-state index is 0.306. The summed E-state index contributed by atoms with van der Waals surface area (Å²) >= 11 is 0. The highest BCUT2D eigenvalue weighted by molar-refractivity contribution is 5.87. The van der Waals surface area contributed by atoms with E-state index in [1.165, 1.54) is 19.3 Å². The molecule has 0 saturated carbocycles. The van der Waals surface area contributed by atoms with Crippen LogP contribution in [-0.4, -0.2) is 33.3 Å². The normalized spacial score (nSPS) is 19.8. The first kappa shape index (κ1) is 11.3. The molecule has 1 saturated heterocycles. The number of nitrogens with zero attached hydrogens (tertiary/aromatic N) is 4. The van der Waals surface area contributed by atoms with Gasteiger partial charge in [0.25, 0.3) is 0 Å². The summed E-state index contributed by atoms with van der Waals surface area (Å²) in [6.07, 6.45) is 5.53. The fourth-order valence-electron chi connectivity index (χ4n) is 2.75. The van der Waals surface area contributed by atoms with Crippen LogP contribution >= 0.6 is 0 Å². The van der Waals surface area contributed by atoms with Gasteiger partial charge in [-0.2, -0.15) is 15.1 Å². The van der Waals surface area contributed by atoms with Gasteiger partial charge < -0.3 is 10.6 Å². The summed E-state index contributed by atoms with van der Waals surface area (Å²) in [4.78, 5) is 10.8. The zero-order valence-electron chi connectivity index (χ0n) is 10.6. The van der Waals surface area contributed by atoms with Crippen molar-refractivity contribution in [1.29, 1.82) is 0 Å². The van der Waals surface area contributed by atoms with Gasteiger partial charge >= 0.3 is 0 Å². The zero-order valence-corrected chi connectivity index (χ0v) is 10.6. The molecule has 1 fully saturated rings. The van der Waals surface area contributed by atoms with Gasteiger partial charge in [-0.1, -0.05) is 13.3 Å². The SMILES string of the molecule is CCCC1CCN(c2nc(N)nc3[nH]ncc23)C1. The van der Waals surface area contributed by atoms with Crippen LogP contribution in [0, 0.1) is 5.92 Å². The first-order valence-electron chi connectivity index (χ1n) is 6.49. The smallest absolute Gasteiger partial charge is 0.224 e. The van der Waals surface area contributed by atoms with Gasteiger partial charge in [0.2, 0.25) is 5.95 Å². The molecular formula is C12H18N6. The van der Waals surface area contributed by atoms with Gasteiger partial charge in [-0.25, -0.2) is 0 Å². The molecule has 6 nitrogen and oxygen atoms in total. The van der Waals surface area contributed by atoms with E-state index in [9.17, 15) is 0 Å². The molecule has 1 aliphatic rings. The molecule has 0 amide bonds. The molecule has 0 aliphatic carbocycles. The maximum atomic E-state index is 5.75. The number of aromatic amines is 1. The van der Waals surface area contributed by atoms with Crippen LogP contribution in [0.1, 0.15) is 26.2 Å². The minimum absolute atomic E-state index is 0.306. The molecule has 1 atom stereocenters. The second-order valence-corrected chi connectivity index (χ2v) is 4.93. The van der Waals surface area contributed by atoms with E-state index in [0.29, 0.717) is 5.95 Å². The van der Waals surface area contributed by atoms with Crippen molar-refractivity contribution in [3.8, 4) is 0 Å². The summed E-state index contributed by atoms with van der Waals surface area (Å²) in [6, 6.07) is 0. The fraction of sp³-hybridized carbons (Fsp3) is 0.583. The van der Waals surface area contributed by atoms with Gasteiger partial charge in [0, 0.05) is 13.1 Å². The number of nitrogen functional groups attached to an aromatic ring is 1. The third-order valence-electron chi connectivity index (χ3n) is 3.59. The molecule has 0 bridgehead atoms. The quantitative estimate of drug-likeness (QED) is 0.858. The summed E-state index contributed by atoms with van der Waals surface area (Å²) in [5, 5.41) is 7.83. The highest BCUT2D eigenvalue weighted by Crippen LogP contribution is 2.29. The monoisotopic (exact) mass is 246 g/mol.